The van der Waals surface area contributed by atoms with Crippen molar-refractivity contribution in [2.45, 2.75) is 44.8 Å². The summed E-state index contributed by atoms with van der Waals surface area (Å²) in [5, 5.41) is 4.52. The van der Waals surface area contributed by atoms with E-state index in [0.717, 1.165) is 24.1 Å². The summed E-state index contributed by atoms with van der Waals surface area (Å²) in [5.41, 5.74) is 0.205. The van der Waals surface area contributed by atoms with E-state index in [4.69, 9.17) is 4.74 Å². The van der Waals surface area contributed by atoms with Crippen molar-refractivity contribution in [3.05, 3.63) is 0 Å². The first kappa shape index (κ1) is 11.3. The van der Waals surface area contributed by atoms with E-state index in [2.05, 4.69) is 24.2 Å². The summed E-state index contributed by atoms with van der Waals surface area (Å²) >= 11 is 1.82. The maximum absolute atomic E-state index is 5.65. The predicted molar refractivity (Wildman–Crippen MR) is 65.6 cm³/mol. The fourth-order valence-corrected chi connectivity index (χ4v) is 2.92. The summed E-state index contributed by atoms with van der Waals surface area (Å²) in [7, 11) is 0. The molecule has 0 saturated carbocycles. The van der Waals surface area contributed by atoms with Gasteiger partial charge in [-0.15, -0.1) is 0 Å². The average molecular weight is 228 g/mol. The smallest absolute Gasteiger partial charge is 0.157 e. The van der Waals surface area contributed by atoms with Gasteiger partial charge < -0.3 is 10.1 Å². The monoisotopic (exact) mass is 228 g/mol. The minimum atomic E-state index is 0.205. The van der Waals surface area contributed by atoms with Crippen LogP contribution < -0.4 is 5.32 Å². The second-order valence-electron chi connectivity index (χ2n) is 4.93. The zero-order chi connectivity index (χ0) is 10.7. The molecule has 0 amide bonds. The minimum Gasteiger partial charge on any atom is -0.376 e. The molecule has 0 aromatic rings. The zero-order valence-electron chi connectivity index (χ0n) is 9.58. The Balaban J connectivity index is 1.79. The molecule has 1 atom stereocenters. The van der Waals surface area contributed by atoms with Gasteiger partial charge in [0.2, 0.25) is 0 Å². The van der Waals surface area contributed by atoms with Crippen LogP contribution in [0.25, 0.3) is 0 Å². The topological polar surface area (TPSA) is 33.6 Å². The summed E-state index contributed by atoms with van der Waals surface area (Å²) in [4.78, 5) is 4.59. The molecule has 0 spiro atoms. The maximum atomic E-state index is 5.65. The predicted octanol–water partition coefficient (Wildman–Crippen LogP) is 2.03. The highest BCUT2D eigenvalue weighted by atomic mass is 32.2. The van der Waals surface area contributed by atoms with Crippen molar-refractivity contribution in [1.29, 1.82) is 0 Å². The van der Waals surface area contributed by atoms with E-state index >= 15 is 0 Å². The largest absolute Gasteiger partial charge is 0.376 e. The molecule has 0 bridgehead atoms. The highest BCUT2D eigenvalue weighted by molar-refractivity contribution is 8.14. The molecular formula is C11H20N2OS. The van der Waals surface area contributed by atoms with E-state index in [0.29, 0.717) is 6.10 Å². The number of nitrogens with one attached hydrogen (secondary N) is 1. The van der Waals surface area contributed by atoms with E-state index in [1.165, 1.54) is 19.3 Å². The van der Waals surface area contributed by atoms with Crippen LogP contribution in [0.5, 0.6) is 0 Å². The number of aliphatic imine (C=N–C) groups is 1. The van der Waals surface area contributed by atoms with Crippen LogP contribution in [0.2, 0.25) is 0 Å². The van der Waals surface area contributed by atoms with Gasteiger partial charge in [0.15, 0.2) is 5.17 Å². The fraction of sp³-hybridized carbons (Fsp3) is 0.909. The molecule has 2 saturated heterocycles. The molecule has 15 heavy (non-hydrogen) atoms. The van der Waals surface area contributed by atoms with E-state index in [1.807, 2.05) is 11.8 Å². The van der Waals surface area contributed by atoms with E-state index in [9.17, 15) is 0 Å². The summed E-state index contributed by atoms with van der Waals surface area (Å²) < 4.78 is 5.65. The van der Waals surface area contributed by atoms with E-state index in [-0.39, 0.29) is 5.54 Å². The lowest BCUT2D eigenvalue weighted by Gasteiger charge is -2.21. The Bertz CT molecular complexity index is 247. The summed E-state index contributed by atoms with van der Waals surface area (Å²) in [6.07, 6.45) is 4.04. The maximum Gasteiger partial charge on any atom is 0.157 e. The summed E-state index contributed by atoms with van der Waals surface area (Å²) in [6.45, 7) is 6.16. The van der Waals surface area contributed by atoms with Gasteiger partial charge in [-0.3, -0.25) is 4.99 Å². The van der Waals surface area contributed by atoms with Gasteiger partial charge >= 0.3 is 0 Å². The van der Waals surface area contributed by atoms with Gasteiger partial charge in [0.1, 0.15) is 0 Å². The quantitative estimate of drug-likeness (QED) is 0.785. The van der Waals surface area contributed by atoms with Crippen LogP contribution in [-0.2, 0) is 4.74 Å². The molecule has 0 aromatic heterocycles. The molecule has 2 heterocycles. The van der Waals surface area contributed by atoms with Crippen LogP contribution in [0, 0.1) is 0 Å². The van der Waals surface area contributed by atoms with Crippen molar-refractivity contribution in [3.63, 3.8) is 0 Å². The Morgan fingerprint density at radius 3 is 3.00 bits per heavy atom. The summed E-state index contributed by atoms with van der Waals surface area (Å²) in [6, 6.07) is 0. The number of hydrogen-bond donors (Lipinski definition) is 1. The van der Waals surface area contributed by atoms with Gasteiger partial charge in [-0.1, -0.05) is 11.8 Å². The van der Waals surface area contributed by atoms with Crippen molar-refractivity contribution in [3.8, 4) is 0 Å². The van der Waals surface area contributed by atoms with Crippen LogP contribution in [0.15, 0.2) is 4.99 Å². The third-order valence-corrected chi connectivity index (χ3v) is 4.10. The Morgan fingerprint density at radius 1 is 1.53 bits per heavy atom. The molecule has 1 N–H and O–H groups in total. The van der Waals surface area contributed by atoms with Gasteiger partial charge in [0.25, 0.3) is 0 Å². The first-order valence-corrected chi connectivity index (χ1v) is 6.71. The van der Waals surface area contributed by atoms with Crippen molar-refractivity contribution >= 4 is 16.9 Å². The number of amidine groups is 1. The number of nitrogens with zero attached hydrogens (tertiary/aromatic N) is 1. The first-order valence-electron chi connectivity index (χ1n) is 5.73. The zero-order valence-corrected chi connectivity index (χ0v) is 10.4. The van der Waals surface area contributed by atoms with Gasteiger partial charge in [-0.25, -0.2) is 0 Å². The second-order valence-corrected chi connectivity index (χ2v) is 5.90. The van der Waals surface area contributed by atoms with Crippen molar-refractivity contribution in [2.24, 2.45) is 4.99 Å². The second kappa shape index (κ2) is 4.74. The molecule has 0 aromatic carbocycles. The molecule has 2 rings (SSSR count). The van der Waals surface area contributed by atoms with Gasteiger partial charge in [0, 0.05) is 17.9 Å². The van der Waals surface area contributed by atoms with Crippen molar-refractivity contribution in [2.75, 3.05) is 18.9 Å². The van der Waals surface area contributed by atoms with Gasteiger partial charge in [-0.05, 0) is 33.1 Å². The molecule has 0 radical (unpaired) electrons. The molecule has 2 aliphatic heterocycles. The lowest BCUT2D eigenvalue weighted by molar-refractivity contribution is 0.0225. The van der Waals surface area contributed by atoms with E-state index in [1.54, 1.807) is 0 Å². The SMILES string of the molecule is CC1(C)CSC(=NCC2CCCCO2)N1. The first-order chi connectivity index (χ1) is 7.16. The van der Waals surface area contributed by atoms with Crippen molar-refractivity contribution in [1.82, 2.24) is 5.32 Å². The molecule has 3 nitrogen and oxygen atoms in total. The number of hydrogen-bond acceptors (Lipinski definition) is 3. The molecule has 86 valence electrons. The molecule has 2 fully saturated rings. The third-order valence-electron chi connectivity index (χ3n) is 2.73. The molecule has 2 aliphatic rings. The average Bonchev–Trinajstić information content (AvgIpc) is 2.57. The van der Waals surface area contributed by atoms with Crippen LogP contribution in [0.1, 0.15) is 33.1 Å². The highest BCUT2D eigenvalue weighted by Crippen LogP contribution is 2.22. The van der Waals surface area contributed by atoms with Gasteiger partial charge in [-0.2, -0.15) is 0 Å². The molecular weight excluding hydrogens is 208 g/mol. The molecule has 1 unspecified atom stereocenters. The van der Waals surface area contributed by atoms with Gasteiger partial charge in [0.05, 0.1) is 12.6 Å². The summed E-state index contributed by atoms with van der Waals surface area (Å²) in [5.74, 6) is 1.11. The Labute approximate surface area is 96.1 Å². The number of thioether (sulfide) groups is 1. The number of ether oxygens (including phenoxy) is 1. The minimum absolute atomic E-state index is 0.205. The molecule has 4 heteroatoms. The van der Waals surface area contributed by atoms with Crippen LogP contribution >= 0.6 is 11.8 Å². The fourth-order valence-electron chi connectivity index (χ4n) is 1.83. The van der Waals surface area contributed by atoms with Crippen LogP contribution in [-0.4, -0.2) is 35.7 Å². The lowest BCUT2D eigenvalue weighted by atomic mass is 10.1. The number of rotatable bonds is 2. The highest BCUT2D eigenvalue weighted by Gasteiger charge is 2.27. The Morgan fingerprint density at radius 2 is 2.40 bits per heavy atom. The standard InChI is InChI=1S/C11H20N2OS/c1-11(2)8-15-10(13-11)12-7-9-5-3-4-6-14-9/h9H,3-8H2,1-2H3,(H,12,13). The molecule has 0 aliphatic carbocycles. The van der Waals surface area contributed by atoms with Crippen molar-refractivity contribution < 1.29 is 4.74 Å². The van der Waals surface area contributed by atoms with E-state index < -0.39 is 0 Å². The Kier molecular flexibility index (Phi) is 3.57. The van der Waals surface area contributed by atoms with Crippen LogP contribution in [0.3, 0.4) is 0 Å². The lowest BCUT2D eigenvalue weighted by Crippen LogP contribution is -2.37. The van der Waals surface area contributed by atoms with Crippen LogP contribution in [0.4, 0.5) is 0 Å². The normalized spacial score (nSPS) is 32.9. The Hall–Kier alpha value is -0.220. The third kappa shape index (κ3) is 3.38.